The molecule has 1 rings (SSSR count). The first-order valence-electron chi connectivity index (χ1n) is 7.16. The second-order valence-corrected chi connectivity index (χ2v) is 6.12. The van der Waals surface area contributed by atoms with Crippen molar-refractivity contribution in [2.24, 2.45) is 5.92 Å². The first kappa shape index (κ1) is 19.0. The Morgan fingerprint density at radius 1 is 1.35 bits per heavy atom. The highest BCUT2D eigenvalue weighted by molar-refractivity contribution is 8.00. The van der Waals surface area contributed by atoms with Gasteiger partial charge in [0.1, 0.15) is 11.8 Å². The summed E-state index contributed by atoms with van der Waals surface area (Å²) in [6, 6.07) is 0.666. The van der Waals surface area contributed by atoms with Crippen molar-refractivity contribution >= 4 is 35.4 Å². The molecule has 1 heterocycles. The zero-order valence-electron chi connectivity index (χ0n) is 13.3. The molecular weight excluding hydrogens is 322 g/mol. The van der Waals surface area contributed by atoms with Gasteiger partial charge in [-0.25, -0.2) is 4.79 Å². The Morgan fingerprint density at radius 3 is 2.52 bits per heavy atom. The van der Waals surface area contributed by atoms with Crippen LogP contribution in [0, 0.1) is 12.8 Å². The lowest BCUT2D eigenvalue weighted by atomic mass is 9.99. The number of carbonyl (C=O) groups excluding carboxylic acids is 2. The van der Waals surface area contributed by atoms with E-state index in [1.165, 1.54) is 0 Å². The Bertz CT molecular complexity index is 560. The molecule has 0 radical (unpaired) electrons. The molecule has 1 aromatic rings. The van der Waals surface area contributed by atoms with Crippen LogP contribution < -0.4 is 10.6 Å². The smallest absolute Gasteiger partial charge is 0.326 e. The van der Waals surface area contributed by atoms with E-state index in [4.69, 9.17) is 9.63 Å². The second kappa shape index (κ2) is 9.19. The predicted molar refractivity (Wildman–Crippen MR) is 86.2 cm³/mol. The molecule has 2 amide bonds. The van der Waals surface area contributed by atoms with Gasteiger partial charge in [-0.15, -0.1) is 11.8 Å². The first-order chi connectivity index (χ1) is 10.8. The number of nitrogens with one attached hydrogen (secondary N) is 2. The van der Waals surface area contributed by atoms with Gasteiger partial charge in [0.05, 0.1) is 11.5 Å². The Hall–Kier alpha value is -2.03. The number of rotatable bonds is 9. The number of amides is 2. The van der Waals surface area contributed by atoms with Crippen molar-refractivity contribution in [1.82, 2.24) is 10.5 Å². The summed E-state index contributed by atoms with van der Waals surface area (Å²) >= 11 is 1.09. The van der Waals surface area contributed by atoms with Crippen LogP contribution in [0.4, 0.5) is 5.82 Å². The molecule has 9 heteroatoms. The zero-order valence-corrected chi connectivity index (χ0v) is 14.1. The Balaban J connectivity index is 2.32. The SMILES string of the molecule is CC[C@H](C)[C@H](NC(=O)CSCC(=O)Nc1cc(C)on1)C(=O)O. The standard InChI is InChI=1S/C14H21N3O5S/c1-4-8(2)13(14(20)21)16-12(19)7-23-6-11(18)15-10-5-9(3)22-17-10/h5,8,13H,4,6-7H2,1-3H3,(H,16,19)(H,20,21)(H,15,17,18)/t8-,13-/m0/s1. The topological polar surface area (TPSA) is 122 Å². The third-order valence-electron chi connectivity index (χ3n) is 3.16. The van der Waals surface area contributed by atoms with E-state index >= 15 is 0 Å². The number of carboxylic acid groups (broad SMARTS) is 1. The largest absolute Gasteiger partial charge is 0.480 e. The van der Waals surface area contributed by atoms with Gasteiger partial charge in [-0.2, -0.15) is 0 Å². The lowest BCUT2D eigenvalue weighted by molar-refractivity contribution is -0.143. The molecule has 8 nitrogen and oxygen atoms in total. The molecule has 0 aliphatic rings. The predicted octanol–water partition coefficient (Wildman–Crippen LogP) is 1.27. The van der Waals surface area contributed by atoms with E-state index < -0.39 is 17.9 Å². The van der Waals surface area contributed by atoms with Crippen molar-refractivity contribution in [2.75, 3.05) is 16.8 Å². The van der Waals surface area contributed by atoms with E-state index in [9.17, 15) is 14.4 Å². The second-order valence-electron chi connectivity index (χ2n) is 5.13. The summed E-state index contributed by atoms with van der Waals surface area (Å²) in [4.78, 5) is 34.5. The van der Waals surface area contributed by atoms with Crippen LogP contribution in [-0.2, 0) is 14.4 Å². The van der Waals surface area contributed by atoms with Crippen LogP contribution in [0.5, 0.6) is 0 Å². The average Bonchev–Trinajstić information content (AvgIpc) is 2.88. The van der Waals surface area contributed by atoms with E-state index in [0.29, 0.717) is 18.0 Å². The fraction of sp³-hybridized carbons (Fsp3) is 0.571. The van der Waals surface area contributed by atoms with Crippen LogP contribution in [0.2, 0.25) is 0 Å². The molecule has 0 unspecified atom stereocenters. The summed E-state index contributed by atoms with van der Waals surface area (Å²) < 4.78 is 4.82. The number of hydrogen-bond donors (Lipinski definition) is 3. The quantitative estimate of drug-likeness (QED) is 0.617. The Kier molecular flexibility index (Phi) is 7.60. The van der Waals surface area contributed by atoms with Crippen molar-refractivity contribution in [1.29, 1.82) is 0 Å². The Morgan fingerprint density at radius 2 is 2.00 bits per heavy atom. The van der Waals surface area contributed by atoms with E-state index in [-0.39, 0.29) is 23.3 Å². The monoisotopic (exact) mass is 343 g/mol. The molecule has 128 valence electrons. The molecule has 3 N–H and O–H groups in total. The summed E-state index contributed by atoms with van der Waals surface area (Å²) in [7, 11) is 0. The minimum Gasteiger partial charge on any atom is -0.480 e. The van der Waals surface area contributed by atoms with Gasteiger partial charge in [-0.3, -0.25) is 9.59 Å². The minimum absolute atomic E-state index is 0.00543. The van der Waals surface area contributed by atoms with Crippen molar-refractivity contribution < 1.29 is 24.0 Å². The van der Waals surface area contributed by atoms with Crippen molar-refractivity contribution in [3.8, 4) is 0 Å². The maximum atomic E-state index is 11.8. The lowest BCUT2D eigenvalue weighted by Crippen LogP contribution is -2.45. The van der Waals surface area contributed by atoms with Gasteiger partial charge in [0, 0.05) is 6.07 Å². The number of aromatic nitrogens is 1. The van der Waals surface area contributed by atoms with Crippen LogP contribution in [0.1, 0.15) is 26.0 Å². The summed E-state index contributed by atoms with van der Waals surface area (Å²) in [6.45, 7) is 5.33. The van der Waals surface area contributed by atoms with Crippen molar-refractivity contribution in [2.45, 2.75) is 33.2 Å². The molecular formula is C14H21N3O5S. The van der Waals surface area contributed by atoms with Gasteiger partial charge in [0.15, 0.2) is 5.82 Å². The summed E-state index contributed by atoms with van der Waals surface area (Å²) in [5.41, 5.74) is 0. The number of aliphatic carboxylic acids is 1. The zero-order chi connectivity index (χ0) is 17.4. The fourth-order valence-electron chi connectivity index (χ4n) is 1.74. The van der Waals surface area contributed by atoms with Gasteiger partial charge < -0.3 is 20.3 Å². The molecule has 0 aromatic carbocycles. The molecule has 0 aliphatic heterocycles. The van der Waals surface area contributed by atoms with E-state index in [1.807, 2.05) is 6.92 Å². The highest BCUT2D eigenvalue weighted by Crippen LogP contribution is 2.10. The number of aryl methyl sites for hydroxylation is 1. The first-order valence-corrected chi connectivity index (χ1v) is 8.32. The highest BCUT2D eigenvalue weighted by Gasteiger charge is 2.25. The summed E-state index contributed by atoms with van der Waals surface area (Å²) in [5, 5.41) is 17.7. The molecule has 0 fully saturated rings. The molecule has 0 spiro atoms. The Labute approximate surface area is 138 Å². The summed E-state index contributed by atoms with van der Waals surface area (Å²) in [5.74, 6) is -0.985. The van der Waals surface area contributed by atoms with E-state index in [2.05, 4.69) is 15.8 Å². The van der Waals surface area contributed by atoms with Crippen molar-refractivity contribution in [3.05, 3.63) is 11.8 Å². The number of anilines is 1. The molecule has 1 aromatic heterocycles. The van der Waals surface area contributed by atoms with Gasteiger partial charge in [-0.1, -0.05) is 25.4 Å². The molecule has 0 aliphatic carbocycles. The van der Waals surface area contributed by atoms with Crippen LogP contribution >= 0.6 is 11.8 Å². The third-order valence-corrected chi connectivity index (χ3v) is 4.09. The average molecular weight is 343 g/mol. The van der Waals surface area contributed by atoms with Gasteiger partial charge >= 0.3 is 5.97 Å². The van der Waals surface area contributed by atoms with E-state index in [0.717, 1.165) is 11.8 Å². The maximum Gasteiger partial charge on any atom is 0.326 e. The molecule has 0 saturated heterocycles. The summed E-state index contributed by atoms with van der Waals surface area (Å²) in [6.07, 6.45) is 0.643. The van der Waals surface area contributed by atoms with Crippen LogP contribution in [0.25, 0.3) is 0 Å². The molecule has 0 bridgehead atoms. The maximum absolute atomic E-state index is 11.8. The van der Waals surface area contributed by atoms with Gasteiger partial charge in [-0.05, 0) is 12.8 Å². The normalized spacial score (nSPS) is 13.2. The fourth-order valence-corrected chi connectivity index (χ4v) is 2.37. The van der Waals surface area contributed by atoms with Crippen molar-refractivity contribution in [3.63, 3.8) is 0 Å². The lowest BCUT2D eigenvalue weighted by Gasteiger charge is -2.19. The van der Waals surface area contributed by atoms with Crippen LogP contribution in [0.3, 0.4) is 0 Å². The number of thioether (sulfide) groups is 1. The highest BCUT2D eigenvalue weighted by atomic mass is 32.2. The number of carbonyl (C=O) groups is 3. The van der Waals surface area contributed by atoms with E-state index in [1.54, 1.807) is 19.9 Å². The van der Waals surface area contributed by atoms with Crippen LogP contribution in [0.15, 0.2) is 10.6 Å². The van der Waals surface area contributed by atoms with Gasteiger partial charge in [0.2, 0.25) is 11.8 Å². The molecule has 0 saturated carbocycles. The molecule has 23 heavy (non-hydrogen) atoms. The van der Waals surface area contributed by atoms with Crippen LogP contribution in [-0.4, -0.2) is 45.6 Å². The molecule has 2 atom stereocenters. The number of nitrogens with zero attached hydrogens (tertiary/aromatic N) is 1. The van der Waals surface area contributed by atoms with Gasteiger partial charge in [0.25, 0.3) is 0 Å². The number of hydrogen-bond acceptors (Lipinski definition) is 6. The number of carboxylic acids is 1. The minimum atomic E-state index is -1.06. The third kappa shape index (κ3) is 6.72.